The van der Waals surface area contributed by atoms with E-state index >= 15 is 0 Å². The maximum Gasteiger partial charge on any atom is 0.494 e. The summed E-state index contributed by atoms with van der Waals surface area (Å²) >= 11 is 6.32. The van der Waals surface area contributed by atoms with Gasteiger partial charge in [0.15, 0.2) is 0 Å². The second-order valence-electron chi connectivity index (χ2n) is 6.30. The van der Waals surface area contributed by atoms with Crippen LogP contribution in [0.3, 0.4) is 0 Å². The molecule has 2 aliphatic rings. The molecule has 3 rings (SSSR count). The summed E-state index contributed by atoms with van der Waals surface area (Å²) in [5.74, 6) is 0. The Bertz CT molecular complexity index is 514. The second-order valence-corrected chi connectivity index (χ2v) is 6.71. The van der Waals surface area contributed by atoms with Crippen molar-refractivity contribution < 1.29 is 9.31 Å². The third-order valence-corrected chi connectivity index (χ3v) is 4.71. The van der Waals surface area contributed by atoms with Crippen molar-refractivity contribution in [1.82, 2.24) is 0 Å². The average molecular weight is 280 g/mol. The van der Waals surface area contributed by atoms with E-state index in [2.05, 4.69) is 39.1 Å². The fraction of sp³-hybridized carbons (Fsp3) is 0.571. The Morgan fingerprint density at radius 3 is 2.42 bits per heavy atom. The molecule has 0 aliphatic carbocycles. The molecule has 1 aromatic carbocycles. The quantitative estimate of drug-likeness (QED) is 0.802. The molecule has 0 aromatic heterocycles. The minimum atomic E-state index is -0.339. The maximum absolute atomic E-state index is 6.32. The first kappa shape index (κ1) is 13.3. The van der Waals surface area contributed by atoms with E-state index in [9.17, 15) is 0 Å². The molecule has 102 valence electrons. The average Bonchev–Trinajstić information content (AvgIpc) is 2.82. The highest BCUT2D eigenvalue weighted by molar-refractivity contribution is 6.62. The molecule has 0 bridgehead atoms. The largest absolute Gasteiger partial charge is 0.494 e. The van der Waals surface area contributed by atoms with Crippen molar-refractivity contribution in [3.05, 3.63) is 22.7 Å². The third kappa shape index (κ3) is 2.06. The summed E-state index contributed by atoms with van der Waals surface area (Å²) in [5, 5.41) is 4.05. The fourth-order valence-corrected chi connectivity index (χ4v) is 2.83. The molecule has 1 saturated heterocycles. The predicted molar refractivity (Wildman–Crippen MR) is 79.4 cm³/mol. The summed E-state index contributed by atoms with van der Waals surface area (Å²) in [6.45, 7) is 9.18. The molecule has 19 heavy (non-hydrogen) atoms. The molecule has 0 atom stereocenters. The van der Waals surface area contributed by atoms with Gasteiger partial charge in [-0.15, -0.1) is 0 Å². The molecule has 2 heterocycles. The SMILES string of the molecule is CC1(C)OB(c2cc(Cl)c3c(c2)CCN3)OC1(C)C. The van der Waals surface area contributed by atoms with E-state index in [0.29, 0.717) is 0 Å². The molecule has 1 fully saturated rings. The lowest BCUT2D eigenvalue weighted by atomic mass is 9.78. The Balaban J connectivity index is 1.95. The molecular formula is C14H19BClNO2. The highest BCUT2D eigenvalue weighted by Crippen LogP contribution is 2.37. The van der Waals surface area contributed by atoms with Gasteiger partial charge in [0.05, 0.1) is 21.9 Å². The molecule has 1 N–H and O–H groups in total. The van der Waals surface area contributed by atoms with Gasteiger partial charge in [0.25, 0.3) is 0 Å². The van der Waals surface area contributed by atoms with Crippen LogP contribution in [-0.2, 0) is 15.7 Å². The van der Waals surface area contributed by atoms with Gasteiger partial charge < -0.3 is 14.6 Å². The van der Waals surface area contributed by atoms with Crippen LogP contribution in [0.4, 0.5) is 5.69 Å². The molecular weight excluding hydrogens is 260 g/mol. The van der Waals surface area contributed by atoms with Crippen molar-refractivity contribution >= 4 is 29.9 Å². The summed E-state index contributed by atoms with van der Waals surface area (Å²) in [5.41, 5.74) is 2.67. The van der Waals surface area contributed by atoms with E-state index in [4.69, 9.17) is 20.9 Å². The Hall–Kier alpha value is -0.705. The fourth-order valence-electron chi connectivity index (χ4n) is 2.52. The van der Waals surface area contributed by atoms with Crippen molar-refractivity contribution in [2.75, 3.05) is 11.9 Å². The second kappa shape index (κ2) is 4.14. The van der Waals surface area contributed by atoms with Crippen LogP contribution in [0, 0.1) is 0 Å². The van der Waals surface area contributed by atoms with Gasteiger partial charge in [-0.1, -0.05) is 17.7 Å². The summed E-state index contributed by atoms with van der Waals surface area (Å²) in [6.07, 6.45) is 1.00. The Morgan fingerprint density at radius 1 is 1.16 bits per heavy atom. The van der Waals surface area contributed by atoms with Gasteiger partial charge >= 0.3 is 7.12 Å². The molecule has 0 spiro atoms. The van der Waals surface area contributed by atoms with Crippen molar-refractivity contribution in [1.29, 1.82) is 0 Å². The first-order chi connectivity index (χ1) is 8.80. The number of hydrogen-bond donors (Lipinski definition) is 1. The number of rotatable bonds is 1. The van der Waals surface area contributed by atoms with Gasteiger partial charge in [-0.2, -0.15) is 0 Å². The van der Waals surface area contributed by atoms with Gasteiger partial charge in [-0.05, 0) is 51.2 Å². The molecule has 0 unspecified atom stereocenters. The van der Waals surface area contributed by atoms with Crippen LogP contribution in [0.1, 0.15) is 33.3 Å². The van der Waals surface area contributed by atoms with Crippen LogP contribution < -0.4 is 10.8 Å². The summed E-state index contributed by atoms with van der Waals surface area (Å²) in [6, 6.07) is 4.09. The maximum atomic E-state index is 6.32. The number of hydrogen-bond acceptors (Lipinski definition) is 3. The number of fused-ring (bicyclic) bond motifs is 1. The molecule has 0 saturated carbocycles. The Kier molecular flexibility index (Phi) is 2.90. The number of halogens is 1. The van der Waals surface area contributed by atoms with Crippen LogP contribution in [-0.4, -0.2) is 24.9 Å². The monoisotopic (exact) mass is 279 g/mol. The highest BCUT2D eigenvalue weighted by Gasteiger charge is 2.51. The smallest absolute Gasteiger partial charge is 0.399 e. The first-order valence-corrected chi connectivity index (χ1v) is 7.10. The Labute approximate surface area is 119 Å². The molecule has 2 aliphatic heterocycles. The van der Waals surface area contributed by atoms with Gasteiger partial charge in [-0.3, -0.25) is 0 Å². The van der Waals surface area contributed by atoms with Gasteiger partial charge in [0.2, 0.25) is 0 Å². The van der Waals surface area contributed by atoms with Crippen molar-refractivity contribution in [2.24, 2.45) is 0 Å². The van der Waals surface area contributed by atoms with E-state index in [-0.39, 0.29) is 18.3 Å². The van der Waals surface area contributed by atoms with Gasteiger partial charge in [0, 0.05) is 6.54 Å². The minimum absolute atomic E-state index is 0.318. The third-order valence-electron chi connectivity index (χ3n) is 4.42. The first-order valence-electron chi connectivity index (χ1n) is 6.72. The van der Waals surface area contributed by atoms with E-state index < -0.39 is 0 Å². The lowest BCUT2D eigenvalue weighted by Crippen LogP contribution is -2.41. The van der Waals surface area contributed by atoms with Crippen LogP contribution in [0.25, 0.3) is 0 Å². The molecule has 3 nitrogen and oxygen atoms in total. The van der Waals surface area contributed by atoms with Crippen LogP contribution in [0.5, 0.6) is 0 Å². The predicted octanol–water partition coefficient (Wildman–Crippen LogP) is 2.61. The molecule has 1 aromatic rings. The molecule has 0 radical (unpaired) electrons. The number of anilines is 1. The van der Waals surface area contributed by atoms with Gasteiger partial charge in [0.1, 0.15) is 0 Å². The zero-order valence-electron chi connectivity index (χ0n) is 11.8. The Morgan fingerprint density at radius 2 is 1.79 bits per heavy atom. The zero-order chi connectivity index (χ0) is 13.8. The lowest BCUT2D eigenvalue weighted by molar-refractivity contribution is 0.00578. The van der Waals surface area contributed by atoms with Crippen molar-refractivity contribution in [3.8, 4) is 0 Å². The van der Waals surface area contributed by atoms with Crippen LogP contribution in [0.15, 0.2) is 12.1 Å². The van der Waals surface area contributed by atoms with E-state index in [0.717, 1.165) is 29.1 Å². The van der Waals surface area contributed by atoms with E-state index in [1.54, 1.807) is 0 Å². The van der Waals surface area contributed by atoms with Gasteiger partial charge in [-0.25, -0.2) is 0 Å². The normalized spacial score (nSPS) is 23.3. The number of nitrogens with one attached hydrogen (secondary N) is 1. The van der Waals surface area contributed by atoms with Crippen LogP contribution >= 0.6 is 11.6 Å². The molecule has 5 heteroatoms. The van der Waals surface area contributed by atoms with Crippen LogP contribution in [0.2, 0.25) is 5.02 Å². The standard InChI is InChI=1S/C14H19BClNO2/c1-13(2)14(3,4)19-15(18-13)10-7-9-5-6-17-12(9)11(16)8-10/h7-8,17H,5-6H2,1-4H3. The summed E-state index contributed by atoms with van der Waals surface area (Å²) < 4.78 is 12.1. The van der Waals surface area contributed by atoms with Crippen molar-refractivity contribution in [2.45, 2.75) is 45.3 Å². The number of benzene rings is 1. The zero-order valence-corrected chi connectivity index (χ0v) is 12.6. The lowest BCUT2D eigenvalue weighted by Gasteiger charge is -2.32. The minimum Gasteiger partial charge on any atom is -0.399 e. The highest BCUT2D eigenvalue weighted by atomic mass is 35.5. The summed E-state index contributed by atoms with van der Waals surface area (Å²) in [4.78, 5) is 0. The molecule has 0 amide bonds. The topological polar surface area (TPSA) is 30.5 Å². The van der Waals surface area contributed by atoms with Crippen molar-refractivity contribution in [3.63, 3.8) is 0 Å². The van der Waals surface area contributed by atoms with E-state index in [1.807, 2.05) is 6.07 Å². The van der Waals surface area contributed by atoms with E-state index in [1.165, 1.54) is 5.56 Å². The summed E-state index contributed by atoms with van der Waals surface area (Å²) in [7, 11) is -0.339.